The van der Waals surface area contributed by atoms with Crippen molar-refractivity contribution in [3.63, 3.8) is 0 Å². The van der Waals surface area contributed by atoms with Crippen molar-refractivity contribution in [1.29, 1.82) is 0 Å². The first-order valence-electron chi connectivity index (χ1n) is 8.21. The Morgan fingerprint density at radius 1 is 1.38 bits per heavy atom. The largest absolute Gasteiger partial charge is 0.325 e. The fraction of sp³-hybridized carbons (Fsp3) is 0.500. The molecule has 4 N–H and O–H groups in total. The summed E-state index contributed by atoms with van der Waals surface area (Å²) in [4.78, 5) is 14.6. The van der Waals surface area contributed by atoms with Crippen molar-refractivity contribution in [3.8, 4) is 0 Å². The lowest BCUT2D eigenvalue weighted by Gasteiger charge is -2.13. The summed E-state index contributed by atoms with van der Waals surface area (Å²) in [6.07, 6.45) is 3.03. The monoisotopic (exact) mass is 329 g/mol. The topological polar surface area (TPSA) is 113 Å². The average Bonchev–Trinajstić information content (AvgIpc) is 3.03. The number of carbonyl (C=O) groups is 1. The van der Waals surface area contributed by atoms with Crippen LogP contribution >= 0.6 is 0 Å². The molecule has 0 spiro atoms. The summed E-state index contributed by atoms with van der Waals surface area (Å²) in [5.41, 5.74) is 9.42. The number of anilines is 1. The first-order chi connectivity index (χ1) is 11.6. The smallest absolute Gasteiger partial charge is 0.241 e. The molecule has 1 aromatic carbocycles. The zero-order chi connectivity index (χ0) is 16.9. The Morgan fingerprint density at radius 2 is 2.17 bits per heavy atom. The third-order valence-corrected chi connectivity index (χ3v) is 4.40. The van der Waals surface area contributed by atoms with Crippen molar-refractivity contribution in [1.82, 2.24) is 25.5 Å². The molecule has 0 bridgehead atoms. The van der Waals surface area contributed by atoms with E-state index in [-0.39, 0.29) is 5.91 Å². The van der Waals surface area contributed by atoms with Gasteiger partial charge in [-0.05, 0) is 49.6 Å². The van der Waals surface area contributed by atoms with Crippen molar-refractivity contribution < 1.29 is 4.79 Å². The molecule has 0 fully saturated rings. The predicted molar refractivity (Wildman–Crippen MR) is 90.5 cm³/mol. The normalized spacial score (nSPS) is 16.2. The molecule has 0 radical (unpaired) electrons. The second-order valence-corrected chi connectivity index (χ2v) is 6.25. The fourth-order valence-electron chi connectivity index (χ4n) is 2.85. The molecular weight excluding hydrogens is 306 g/mol. The van der Waals surface area contributed by atoms with Gasteiger partial charge in [-0.3, -0.25) is 4.79 Å². The first-order valence-corrected chi connectivity index (χ1v) is 8.21. The molecule has 2 aromatic rings. The Labute approximate surface area is 140 Å². The van der Waals surface area contributed by atoms with Crippen molar-refractivity contribution in [2.45, 2.75) is 31.7 Å². The van der Waals surface area contributed by atoms with Gasteiger partial charge in [0.25, 0.3) is 0 Å². The molecule has 1 amide bonds. The number of amides is 1. The summed E-state index contributed by atoms with van der Waals surface area (Å²) in [5, 5.41) is 16.5. The van der Waals surface area contributed by atoms with Crippen LogP contribution < -0.4 is 11.1 Å². The molecule has 1 unspecified atom stereocenters. The molecule has 0 aliphatic carbocycles. The number of fused-ring (bicyclic) bond motifs is 1. The number of H-pyrrole nitrogens is 1. The summed E-state index contributed by atoms with van der Waals surface area (Å²) >= 11 is 0. The number of hydrogen-bond donors (Lipinski definition) is 3. The molecule has 1 aliphatic heterocycles. The predicted octanol–water partition coefficient (Wildman–Crippen LogP) is 0.129. The van der Waals surface area contributed by atoms with Gasteiger partial charge in [-0.15, -0.1) is 10.2 Å². The summed E-state index contributed by atoms with van der Waals surface area (Å²) in [6.45, 7) is 2.11. The van der Waals surface area contributed by atoms with E-state index in [2.05, 4.69) is 50.0 Å². The molecule has 2 heterocycles. The van der Waals surface area contributed by atoms with Crippen LogP contribution in [0.15, 0.2) is 18.2 Å². The molecule has 1 aliphatic rings. The number of carbonyl (C=O) groups excluding carboxylic acids is 1. The van der Waals surface area contributed by atoms with Gasteiger partial charge >= 0.3 is 0 Å². The molecule has 8 heteroatoms. The van der Waals surface area contributed by atoms with Crippen LogP contribution in [0.5, 0.6) is 0 Å². The number of hydrogen-bond acceptors (Lipinski definition) is 6. The third-order valence-electron chi connectivity index (χ3n) is 4.40. The van der Waals surface area contributed by atoms with E-state index in [1.54, 1.807) is 0 Å². The number of nitrogens with zero attached hydrogens (tertiary/aromatic N) is 4. The number of aryl methyl sites for hydroxylation is 1. The van der Waals surface area contributed by atoms with Gasteiger partial charge < -0.3 is 16.0 Å². The van der Waals surface area contributed by atoms with Crippen molar-refractivity contribution in [2.24, 2.45) is 5.73 Å². The number of aromatic nitrogens is 4. The highest BCUT2D eigenvalue weighted by atomic mass is 16.2. The molecule has 128 valence electrons. The minimum Gasteiger partial charge on any atom is -0.325 e. The van der Waals surface area contributed by atoms with Crippen molar-refractivity contribution >= 4 is 11.6 Å². The summed E-state index contributed by atoms with van der Waals surface area (Å²) in [6, 6.07) is 5.52. The van der Waals surface area contributed by atoms with Crippen molar-refractivity contribution in [3.05, 3.63) is 35.2 Å². The Morgan fingerprint density at radius 3 is 2.92 bits per heavy atom. The van der Waals surface area contributed by atoms with E-state index in [9.17, 15) is 4.79 Å². The highest BCUT2D eigenvalue weighted by Crippen LogP contribution is 2.20. The Balaban J connectivity index is 1.58. The maximum atomic E-state index is 12.3. The van der Waals surface area contributed by atoms with E-state index < -0.39 is 6.04 Å². The van der Waals surface area contributed by atoms with Gasteiger partial charge in [-0.1, -0.05) is 11.3 Å². The second kappa shape index (κ2) is 7.50. The lowest BCUT2D eigenvalue weighted by atomic mass is 10.0. The lowest BCUT2D eigenvalue weighted by Crippen LogP contribution is -2.36. The summed E-state index contributed by atoms with van der Waals surface area (Å²) in [7, 11) is 2.14. The van der Waals surface area contributed by atoms with Crippen LogP contribution in [0.2, 0.25) is 0 Å². The van der Waals surface area contributed by atoms with E-state index in [1.165, 1.54) is 11.1 Å². The molecule has 24 heavy (non-hydrogen) atoms. The molecule has 1 aromatic heterocycles. The van der Waals surface area contributed by atoms with Gasteiger partial charge in [0, 0.05) is 25.2 Å². The Hall–Kier alpha value is -2.32. The SMILES string of the molecule is CN1CCc2ccc(NC(=O)C(N)CCc3nn[nH]n3)cc2CC1. The summed E-state index contributed by atoms with van der Waals surface area (Å²) in [5.74, 6) is 0.372. The zero-order valence-corrected chi connectivity index (χ0v) is 13.8. The van der Waals surface area contributed by atoms with Gasteiger partial charge in [-0.2, -0.15) is 5.21 Å². The molecule has 0 saturated heterocycles. The van der Waals surface area contributed by atoms with Crippen LogP contribution in [0.4, 0.5) is 5.69 Å². The number of rotatable bonds is 5. The van der Waals surface area contributed by atoms with E-state index in [4.69, 9.17) is 5.73 Å². The Bertz CT molecular complexity index is 686. The van der Waals surface area contributed by atoms with E-state index in [1.807, 2.05) is 6.07 Å². The van der Waals surface area contributed by atoms with Crippen LogP contribution in [0.25, 0.3) is 0 Å². The van der Waals surface area contributed by atoms with Crippen LogP contribution in [-0.4, -0.2) is 57.6 Å². The van der Waals surface area contributed by atoms with Gasteiger partial charge in [0.2, 0.25) is 5.91 Å². The molecule has 1 atom stereocenters. The maximum Gasteiger partial charge on any atom is 0.241 e. The quantitative estimate of drug-likeness (QED) is 0.718. The molecule has 3 rings (SSSR count). The van der Waals surface area contributed by atoms with Crippen LogP contribution in [-0.2, 0) is 24.1 Å². The lowest BCUT2D eigenvalue weighted by molar-refractivity contribution is -0.117. The highest BCUT2D eigenvalue weighted by Gasteiger charge is 2.16. The first kappa shape index (κ1) is 16.5. The number of likely N-dealkylation sites (N-methyl/N-ethyl adjacent to an activating group) is 1. The number of nitrogens with two attached hydrogens (primary N) is 1. The number of nitrogens with one attached hydrogen (secondary N) is 2. The van der Waals surface area contributed by atoms with E-state index >= 15 is 0 Å². The highest BCUT2D eigenvalue weighted by molar-refractivity contribution is 5.94. The summed E-state index contributed by atoms with van der Waals surface area (Å²) < 4.78 is 0. The van der Waals surface area contributed by atoms with Gasteiger partial charge in [0.05, 0.1) is 6.04 Å². The standard InChI is InChI=1S/C16H23N7O/c1-23-8-6-11-2-3-13(10-12(11)7-9-23)18-16(24)14(17)4-5-15-19-21-22-20-15/h2-3,10,14H,4-9,17H2,1H3,(H,18,24)(H,19,20,21,22). The number of benzene rings is 1. The minimum atomic E-state index is -0.603. The van der Waals surface area contributed by atoms with E-state index in [0.29, 0.717) is 18.7 Å². The van der Waals surface area contributed by atoms with Gasteiger partial charge in [0.15, 0.2) is 5.82 Å². The van der Waals surface area contributed by atoms with Crippen LogP contribution in [0, 0.1) is 0 Å². The number of tetrazole rings is 1. The fourth-order valence-corrected chi connectivity index (χ4v) is 2.85. The van der Waals surface area contributed by atoms with Crippen LogP contribution in [0.1, 0.15) is 23.4 Å². The van der Waals surface area contributed by atoms with Crippen molar-refractivity contribution in [2.75, 3.05) is 25.5 Å². The molecule has 8 nitrogen and oxygen atoms in total. The minimum absolute atomic E-state index is 0.191. The van der Waals surface area contributed by atoms with Gasteiger partial charge in [-0.25, -0.2) is 0 Å². The van der Waals surface area contributed by atoms with Gasteiger partial charge in [0.1, 0.15) is 0 Å². The zero-order valence-electron chi connectivity index (χ0n) is 13.8. The third kappa shape index (κ3) is 4.15. The number of aromatic amines is 1. The van der Waals surface area contributed by atoms with Crippen LogP contribution in [0.3, 0.4) is 0 Å². The second-order valence-electron chi connectivity index (χ2n) is 6.25. The molecular formula is C16H23N7O. The molecule has 0 saturated carbocycles. The average molecular weight is 329 g/mol. The van der Waals surface area contributed by atoms with E-state index in [0.717, 1.165) is 31.6 Å². The maximum absolute atomic E-state index is 12.3. The Kier molecular flexibility index (Phi) is 5.17.